The number of benzene rings is 1. The van der Waals surface area contributed by atoms with Crippen LogP contribution in [0.15, 0.2) is 18.2 Å². The van der Waals surface area contributed by atoms with Gasteiger partial charge in [-0.05, 0) is 37.1 Å². The van der Waals surface area contributed by atoms with Gasteiger partial charge in [-0.3, -0.25) is 4.79 Å². The van der Waals surface area contributed by atoms with Crippen LogP contribution in [-0.2, 0) is 9.53 Å². The molecule has 2 atom stereocenters. The van der Waals surface area contributed by atoms with E-state index in [0.717, 1.165) is 5.56 Å². The van der Waals surface area contributed by atoms with Crippen LogP contribution >= 0.6 is 0 Å². The molecule has 22 heavy (non-hydrogen) atoms. The van der Waals surface area contributed by atoms with Gasteiger partial charge in [0.25, 0.3) is 5.91 Å². The van der Waals surface area contributed by atoms with Crippen molar-refractivity contribution in [3.8, 4) is 5.75 Å². The summed E-state index contributed by atoms with van der Waals surface area (Å²) in [5.41, 5.74) is 1.34. The highest BCUT2D eigenvalue weighted by Crippen LogP contribution is 2.24. The van der Waals surface area contributed by atoms with Crippen LogP contribution in [0, 0.1) is 6.92 Å². The fourth-order valence-electron chi connectivity index (χ4n) is 2.73. The van der Waals surface area contributed by atoms with Crippen molar-refractivity contribution < 1.29 is 24.2 Å². The van der Waals surface area contributed by atoms with E-state index < -0.39 is 18.1 Å². The third-order valence-electron chi connectivity index (χ3n) is 3.95. The molecule has 0 saturated carbocycles. The standard InChI is InChI=1S/C16H21NO5/c1-10-8-11(4-5-14(10)21-2)15(19)17-7-6-12(18)9-13(17)16(20)22-3/h4-5,8,12-13,18H,6-7,9H2,1-3H3/t12-,13+/m1/s1. The van der Waals surface area contributed by atoms with Crippen LogP contribution < -0.4 is 4.74 Å². The Bertz CT molecular complexity index is 572. The first-order chi connectivity index (χ1) is 10.5. The largest absolute Gasteiger partial charge is 0.496 e. The molecule has 0 radical (unpaired) electrons. The molecule has 1 saturated heterocycles. The van der Waals surface area contributed by atoms with Crippen LogP contribution in [0.1, 0.15) is 28.8 Å². The van der Waals surface area contributed by atoms with Crippen molar-refractivity contribution >= 4 is 11.9 Å². The van der Waals surface area contributed by atoms with E-state index >= 15 is 0 Å². The van der Waals surface area contributed by atoms with Crippen molar-refractivity contribution in [1.82, 2.24) is 4.90 Å². The zero-order valence-corrected chi connectivity index (χ0v) is 13.0. The molecule has 2 rings (SSSR count). The van der Waals surface area contributed by atoms with Gasteiger partial charge in [-0.25, -0.2) is 4.79 Å². The Morgan fingerprint density at radius 1 is 1.32 bits per heavy atom. The molecule has 1 aromatic rings. The topological polar surface area (TPSA) is 76.1 Å². The van der Waals surface area contributed by atoms with Crippen molar-refractivity contribution in [3.63, 3.8) is 0 Å². The molecule has 1 amide bonds. The van der Waals surface area contributed by atoms with Gasteiger partial charge in [-0.1, -0.05) is 0 Å². The molecule has 1 heterocycles. The summed E-state index contributed by atoms with van der Waals surface area (Å²) in [5, 5.41) is 9.74. The second kappa shape index (κ2) is 6.79. The molecule has 1 N–H and O–H groups in total. The number of likely N-dealkylation sites (tertiary alicyclic amines) is 1. The van der Waals surface area contributed by atoms with Gasteiger partial charge < -0.3 is 19.5 Å². The average molecular weight is 307 g/mol. The number of aliphatic hydroxyl groups excluding tert-OH is 1. The highest BCUT2D eigenvalue weighted by atomic mass is 16.5. The normalized spacial score (nSPS) is 21.4. The van der Waals surface area contributed by atoms with Crippen LogP contribution in [-0.4, -0.2) is 54.8 Å². The quantitative estimate of drug-likeness (QED) is 0.848. The van der Waals surface area contributed by atoms with E-state index in [2.05, 4.69) is 0 Å². The number of amides is 1. The minimum Gasteiger partial charge on any atom is -0.496 e. The van der Waals surface area contributed by atoms with Crippen molar-refractivity contribution in [2.75, 3.05) is 20.8 Å². The molecule has 0 bridgehead atoms. The van der Waals surface area contributed by atoms with Gasteiger partial charge in [0.15, 0.2) is 0 Å². The van der Waals surface area contributed by atoms with E-state index in [1.807, 2.05) is 6.92 Å². The Morgan fingerprint density at radius 3 is 2.64 bits per heavy atom. The Balaban J connectivity index is 2.26. The number of ether oxygens (including phenoxy) is 2. The summed E-state index contributed by atoms with van der Waals surface area (Å²) in [6.07, 6.45) is 0.0628. The van der Waals surface area contributed by atoms with E-state index in [4.69, 9.17) is 9.47 Å². The molecule has 6 heteroatoms. The maximum atomic E-state index is 12.7. The minimum atomic E-state index is -0.747. The fourth-order valence-corrected chi connectivity index (χ4v) is 2.73. The zero-order chi connectivity index (χ0) is 16.3. The van der Waals surface area contributed by atoms with Gasteiger partial charge in [0.1, 0.15) is 11.8 Å². The molecular weight excluding hydrogens is 286 g/mol. The molecular formula is C16H21NO5. The molecule has 1 fully saturated rings. The predicted molar refractivity (Wildman–Crippen MR) is 79.8 cm³/mol. The maximum absolute atomic E-state index is 12.7. The molecule has 1 aromatic carbocycles. The van der Waals surface area contributed by atoms with Gasteiger partial charge in [0, 0.05) is 18.5 Å². The lowest BCUT2D eigenvalue weighted by atomic mass is 9.98. The van der Waals surface area contributed by atoms with E-state index in [1.54, 1.807) is 25.3 Å². The van der Waals surface area contributed by atoms with Gasteiger partial charge in [-0.15, -0.1) is 0 Å². The summed E-state index contributed by atoms with van der Waals surface area (Å²) >= 11 is 0. The highest BCUT2D eigenvalue weighted by Gasteiger charge is 2.36. The molecule has 0 unspecified atom stereocenters. The van der Waals surface area contributed by atoms with Crippen LogP contribution in [0.25, 0.3) is 0 Å². The molecule has 0 aromatic heterocycles. The van der Waals surface area contributed by atoms with Gasteiger partial charge in [0.2, 0.25) is 0 Å². The summed E-state index contributed by atoms with van der Waals surface area (Å²) in [6.45, 7) is 2.18. The van der Waals surface area contributed by atoms with Crippen molar-refractivity contribution in [3.05, 3.63) is 29.3 Å². The Morgan fingerprint density at radius 2 is 2.05 bits per heavy atom. The molecule has 1 aliphatic heterocycles. The lowest BCUT2D eigenvalue weighted by Crippen LogP contribution is -2.51. The van der Waals surface area contributed by atoms with Gasteiger partial charge in [0.05, 0.1) is 20.3 Å². The number of hydrogen-bond acceptors (Lipinski definition) is 5. The number of carbonyl (C=O) groups is 2. The van der Waals surface area contributed by atoms with Gasteiger partial charge in [-0.2, -0.15) is 0 Å². The summed E-state index contributed by atoms with van der Waals surface area (Å²) in [6, 6.07) is 4.39. The SMILES string of the molecule is COC(=O)[C@@H]1C[C@H](O)CCN1C(=O)c1ccc(OC)c(C)c1. The maximum Gasteiger partial charge on any atom is 0.328 e. The third kappa shape index (κ3) is 3.22. The number of piperidine rings is 1. The summed E-state index contributed by atoms with van der Waals surface area (Å²) in [4.78, 5) is 26.0. The van der Waals surface area contributed by atoms with Crippen molar-refractivity contribution in [2.24, 2.45) is 0 Å². The number of hydrogen-bond donors (Lipinski definition) is 1. The number of esters is 1. The third-order valence-corrected chi connectivity index (χ3v) is 3.95. The van der Waals surface area contributed by atoms with Crippen LogP contribution in [0.4, 0.5) is 0 Å². The van der Waals surface area contributed by atoms with E-state index in [-0.39, 0.29) is 12.3 Å². The predicted octanol–water partition coefficient (Wildman–Crippen LogP) is 1.14. The second-order valence-electron chi connectivity index (χ2n) is 5.40. The van der Waals surface area contributed by atoms with E-state index in [1.165, 1.54) is 12.0 Å². The first-order valence-corrected chi connectivity index (χ1v) is 7.19. The summed E-state index contributed by atoms with van der Waals surface area (Å²) in [7, 11) is 2.85. The Hall–Kier alpha value is -2.08. The van der Waals surface area contributed by atoms with Crippen LogP contribution in [0.3, 0.4) is 0 Å². The smallest absolute Gasteiger partial charge is 0.328 e. The molecule has 0 aliphatic carbocycles. The number of rotatable bonds is 3. The zero-order valence-electron chi connectivity index (χ0n) is 13.0. The number of aryl methyl sites for hydroxylation is 1. The number of aliphatic hydroxyl groups is 1. The number of methoxy groups -OCH3 is 2. The first-order valence-electron chi connectivity index (χ1n) is 7.19. The number of nitrogens with zero attached hydrogens (tertiary/aromatic N) is 1. The molecule has 6 nitrogen and oxygen atoms in total. The van der Waals surface area contributed by atoms with Crippen LogP contribution in [0.2, 0.25) is 0 Å². The molecule has 1 aliphatic rings. The Kier molecular flexibility index (Phi) is 5.03. The van der Waals surface area contributed by atoms with Gasteiger partial charge >= 0.3 is 5.97 Å². The van der Waals surface area contributed by atoms with Crippen LogP contribution in [0.5, 0.6) is 5.75 Å². The second-order valence-corrected chi connectivity index (χ2v) is 5.40. The van der Waals surface area contributed by atoms with E-state index in [0.29, 0.717) is 24.3 Å². The lowest BCUT2D eigenvalue weighted by Gasteiger charge is -2.36. The minimum absolute atomic E-state index is 0.202. The van der Waals surface area contributed by atoms with Crippen molar-refractivity contribution in [2.45, 2.75) is 31.9 Å². The monoisotopic (exact) mass is 307 g/mol. The Labute approximate surface area is 129 Å². The number of carbonyl (C=O) groups excluding carboxylic acids is 2. The van der Waals surface area contributed by atoms with E-state index in [9.17, 15) is 14.7 Å². The van der Waals surface area contributed by atoms with Crippen molar-refractivity contribution in [1.29, 1.82) is 0 Å². The highest BCUT2D eigenvalue weighted by molar-refractivity contribution is 5.97. The lowest BCUT2D eigenvalue weighted by molar-refractivity contribution is -0.148. The molecule has 120 valence electrons. The summed E-state index contributed by atoms with van der Waals surface area (Å²) < 4.78 is 9.93. The fraction of sp³-hybridized carbons (Fsp3) is 0.500. The summed E-state index contributed by atoms with van der Waals surface area (Å²) in [5.74, 6) is -0.0412. The average Bonchev–Trinajstić information content (AvgIpc) is 2.53. The first kappa shape index (κ1) is 16.3. The molecule has 0 spiro atoms.